The van der Waals surface area contributed by atoms with Crippen molar-refractivity contribution in [1.29, 1.82) is 0 Å². The zero-order valence-corrected chi connectivity index (χ0v) is 11.4. The van der Waals surface area contributed by atoms with Crippen molar-refractivity contribution in [3.8, 4) is 0 Å². The van der Waals surface area contributed by atoms with Gasteiger partial charge in [-0.05, 0) is 18.6 Å². The van der Waals surface area contributed by atoms with E-state index in [2.05, 4.69) is 6.58 Å². The summed E-state index contributed by atoms with van der Waals surface area (Å²) < 4.78 is 65.8. The number of hydrazine groups is 1. The van der Waals surface area contributed by atoms with Crippen LogP contribution in [0.4, 0.5) is 27.6 Å². The van der Waals surface area contributed by atoms with Crippen molar-refractivity contribution in [1.82, 2.24) is 5.01 Å². The zero-order chi connectivity index (χ0) is 16.5. The maximum Gasteiger partial charge on any atom is 0.401 e. The van der Waals surface area contributed by atoms with E-state index in [9.17, 15) is 26.7 Å². The highest BCUT2D eigenvalue weighted by Gasteiger charge is 2.53. The fourth-order valence-electron chi connectivity index (χ4n) is 2.25. The summed E-state index contributed by atoms with van der Waals surface area (Å²) in [6, 6.07) is 2.30. The van der Waals surface area contributed by atoms with Crippen LogP contribution in [0.25, 0.3) is 0 Å². The summed E-state index contributed by atoms with van der Waals surface area (Å²) in [7, 11) is 0. The van der Waals surface area contributed by atoms with E-state index in [-0.39, 0.29) is 6.54 Å². The topological polar surface area (TPSA) is 23.6 Å². The summed E-state index contributed by atoms with van der Waals surface area (Å²) >= 11 is 0. The predicted molar refractivity (Wildman–Crippen MR) is 69.8 cm³/mol. The second kappa shape index (κ2) is 6.04. The molecule has 1 aromatic rings. The fraction of sp³-hybridized carbons (Fsp3) is 0.357. The third-order valence-electron chi connectivity index (χ3n) is 3.31. The Morgan fingerprint density at radius 2 is 2.00 bits per heavy atom. The summed E-state index contributed by atoms with van der Waals surface area (Å²) in [4.78, 5) is 12.0. The molecule has 1 saturated heterocycles. The van der Waals surface area contributed by atoms with Crippen molar-refractivity contribution in [3.05, 3.63) is 42.5 Å². The number of carbonyl (C=O) groups excluding carboxylic acids is 1. The van der Waals surface area contributed by atoms with Gasteiger partial charge in [0.1, 0.15) is 17.6 Å². The van der Waals surface area contributed by atoms with Gasteiger partial charge in [0.05, 0.1) is 5.69 Å². The number of alkyl halides is 3. The van der Waals surface area contributed by atoms with Crippen molar-refractivity contribution < 1.29 is 26.7 Å². The van der Waals surface area contributed by atoms with Crippen LogP contribution in [0.5, 0.6) is 0 Å². The first-order valence-corrected chi connectivity index (χ1v) is 6.47. The molecular weight excluding hydrogens is 307 g/mol. The Balaban J connectivity index is 2.41. The summed E-state index contributed by atoms with van der Waals surface area (Å²) in [6.07, 6.45) is -2.99. The quantitative estimate of drug-likeness (QED) is 0.628. The van der Waals surface area contributed by atoms with Crippen LogP contribution < -0.4 is 5.01 Å². The van der Waals surface area contributed by atoms with Crippen molar-refractivity contribution >= 4 is 11.6 Å². The first-order chi connectivity index (χ1) is 10.3. The van der Waals surface area contributed by atoms with Crippen LogP contribution in [0.3, 0.4) is 0 Å². The number of anilines is 1. The predicted octanol–water partition coefficient (Wildman–Crippen LogP) is 3.28. The molecular formula is C14H13F5N2O. The van der Waals surface area contributed by atoms with Gasteiger partial charge in [0.2, 0.25) is 0 Å². The number of nitrogens with zero attached hydrogens (tertiary/aromatic N) is 2. The molecule has 1 unspecified atom stereocenters. The molecule has 1 atom stereocenters. The molecule has 1 fully saturated rings. The molecule has 2 rings (SSSR count). The molecule has 0 aliphatic carbocycles. The van der Waals surface area contributed by atoms with Crippen LogP contribution in [-0.2, 0) is 4.79 Å². The lowest BCUT2D eigenvalue weighted by atomic mass is 10.1. The van der Waals surface area contributed by atoms with Crippen LogP contribution in [-0.4, -0.2) is 30.2 Å². The number of hydrogen-bond acceptors (Lipinski definition) is 2. The molecule has 0 radical (unpaired) electrons. The number of rotatable bonds is 4. The van der Waals surface area contributed by atoms with Crippen LogP contribution in [0.1, 0.15) is 6.42 Å². The molecule has 1 heterocycles. The van der Waals surface area contributed by atoms with E-state index in [0.29, 0.717) is 17.5 Å². The minimum absolute atomic E-state index is 0.0395. The largest absolute Gasteiger partial charge is 0.401 e. The third-order valence-corrected chi connectivity index (χ3v) is 3.31. The van der Waals surface area contributed by atoms with Crippen molar-refractivity contribution in [2.24, 2.45) is 5.92 Å². The molecule has 0 bridgehead atoms. The maximum absolute atomic E-state index is 13.8. The lowest BCUT2D eigenvalue weighted by Gasteiger charge is -2.27. The lowest BCUT2D eigenvalue weighted by Crippen LogP contribution is -2.40. The van der Waals surface area contributed by atoms with Gasteiger partial charge in [-0.1, -0.05) is 6.08 Å². The Kier molecular flexibility index (Phi) is 4.50. The molecule has 1 aromatic carbocycles. The van der Waals surface area contributed by atoms with Crippen molar-refractivity contribution in [3.63, 3.8) is 0 Å². The van der Waals surface area contributed by atoms with Gasteiger partial charge in [-0.15, -0.1) is 6.58 Å². The average molecular weight is 320 g/mol. The smallest absolute Gasteiger partial charge is 0.272 e. The fourth-order valence-corrected chi connectivity index (χ4v) is 2.25. The monoisotopic (exact) mass is 320 g/mol. The summed E-state index contributed by atoms with van der Waals surface area (Å²) in [5.74, 6) is -5.40. The lowest BCUT2D eigenvalue weighted by molar-refractivity contribution is -0.175. The minimum atomic E-state index is -4.75. The van der Waals surface area contributed by atoms with Gasteiger partial charge in [-0.25, -0.2) is 18.8 Å². The first-order valence-electron chi connectivity index (χ1n) is 6.47. The van der Waals surface area contributed by atoms with E-state index in [1.165, 1.54) is 6.08 Å². The van der Waals surface area contributed by atoms with Crippen LogP contribution in [0, 0.1) is 17.6 Å². The van der Waals surface area contributed by atoms with Crippen molar-refractivity contribution in [2.45, 2.75) is 12.6 Å². The van der Waals surface area contributed by atoms with Gasteiger partial charge >= 0.3 is 6.18 Å². The number of carbonyl (C=O) groups is 1. The molecule has 1 aliphatic rings. The van der Waals surface area contributed by atoms with Crippen LogP contribution in [0.15, 0.2) is 30.9 Å². The van der Waals surface area contributed by atoms with E-state index < -0.39 is 41.9 Å². The second-order valence-electron chi connectivity index (χ2n) is 4.83. The van der Waals surface area contributed by atoms with Gasteiger partial charge < -0.3 is 0 Å². The number of halogens is 5. The molecule has 1 aliphatic heterocycles. The number of benzene rings is 1. The number of hydrogen-bond donors (Lipinski definition) is 0. The molecule has 0 N–H and O–H groups in total. The standard InChI is InChI=1S/C14H13F5N2O/c1-2-3-6-20-8-10(14(17,18)19)13(22)21(20)12-7-9(15)4-5-11(12)16/h2,4-5,7,10H,1,3,6,8H2. The van der Waals surface area contributed by atoms with Crippen molar-refractivity contribution in [2.75, 3.05) is 18.1 Å². The van der Waals surface area contributed by atoms with Gasteiger partial charge in [0.25, 0.3) is 5.91 Å². The Morgan fingerprint density at radius 3 is 2.59 bits per heavy atom. The van der Waals surface area contributed by atoms with E-state index in [1.807, 2.05) is 0 Å². The second-order valence-corrected chi connectivity index (χ2v) is 4.83. The zero-order valence-electron chi connectivity index (χ0n) is 11.4. The Labute approximate surface area is 123 Å². The number of amides is 1. The van der Waals surface area contributed by atoms with E-state index in [1.54, 1.807) is 0 Å². The van der Waals surface area contributed by atoms with E-state index in [4.69, 9.17) is 0 Å². The highest BCUT2D eigenvalue weighted by Crippen LogP contribution is 2.37. The molecule has 0 aromatic heterocycles. The Hall–Kier alpha value is -1.96. The van der Waals surface area contributed by atoms with E-state index in [0.717, 1.165) is 17.1 Å². The van der Waals surface area contributed by atoms with Crippen LogP contribution >= 0.6 is 0 Å². The van der Waals surface area contributed by atoms with E-state index >= 15 is 0 Å². The minimum Gasteiger partial charge on any atom is -0.272 e. The highest BCUT2D eigenvalue weighted by molar-refractivity contribution is 5.96. The first kappa shape index (κ1) is 16.4. The maximum atomic E-state index is 13.8. The molecule has 3 nitrogen and oxygen atoms in total. The Morgan fingerprint density at radius 1 is 1.32 bits per heavy atom. The summed E-state index contributed by atoms with van der Waals surface area (Å²) in [6.45, 7) is 2.86. The average Bonchev–Trinajstić information content (AvgIpc) is 2.76. The van der Waals surface area contributed by atoms with Gasteiger partial charge in [0.15, 0.2) is 0 Å². The van der Waals surface area contributed by atoms with Gasteiger partial charge in [-0.2, -0.15) is 13.2 Å². The molecule has 120 valence electrons. The van der Waals surface area contributed by atoms with Gasteiger partial charge in [0, 0.05) is 19.2 Å². The normalized spacial score (nSPS) is 19.8. The molecule has 0 saturated carbocycles. The molecule has 1 amide bonds. The molecule has 0 spiro atoms. The van der Waals surface area contributed by atoms with Crippen LogP contribution in [0.2, 0.25) is 0 Å². The van der Waals surface area contributed by atoms with Gasteiger partial charge in [-0.3, -0.25) is 4.79 Å². The molecule has 22 heavy (non-hydrogen) atoms. The molecule has 8 heteroatoms. The SMILES string of the molecule is C=CCCN1CC(C(F)(F)F)C(=O)N1c1cc(F)ccc1F. The third kappa shape index (κ3) is 3.11. The summed E-state index contributed by atoms with van der Waals surface area (Å²) in [5, 5.41) is 1.63. The Bertz CT molecular complexity index is 587. The summed E-state index contributed by atoms with van der Waals surface area (Å²) in [5.41, 5.74) is -0.527. The highest BCUT2D eigenvalue weighted by atomic mass is 19.4.